The van der Waals surface area contributed by atoms with Crippen LogP contribution in [0.4, 0.5) is 4.39 Å². The molecule has 8 heteroatoms. The fourth-order valence-corrected chi connectivity index (χ4v) is 5.46. The van der Waals surface area contributed by atoms with Gasteiger partial charge in [-0.2, -0.15) is 19.7 Å². The number of benzene rings is 1. The summed E-state index contributed by atoms with van der Waals surface area (Å²) < 4.78 is 16.5. The summed E-state index contributed by atoms with van der Waals surface area (Å²) in [6, 6.07) is 7.71. The molecule has 1 aromatic heterocycles. The molecule has 0 aliphatic carbocycles. The Morgan fingerprint density at radius 2 is 2.09 bits per heavy atom. The highest BCUT2D eigenvalue weighted by Gasteiger charge is 2.53. The number of aromatic nitrogens is 2. The molecule has 5 rings (SSSR count). The molecule has 2 aromatic rings. The van der Waals surface area contributed by atoms with E-state index in [1.54, 1.807) is 12.4 Å². The van der Waals surface area contributed by atoms with Gasteiger partial charge in [-0.1, -0.05) is 25.1 Å². The van der Waals surface area contributed by atoms with Crippen molar-refractivity contribution in [1.82, 2.24) is 20.4 Å². The Morgan fingerprint density at radius 1 is 1.30 bits per heavy atom. The van der Waals surface area contributed by atoms with Crippen molar-refractivity contribution in [3.05, 3.63) is 65.0 Å². The number of nitrogens with one attached hydrogen (secondary N) is 2. The minimum Gasteiger partial charge on any atom is -0.362 e. The number of amides is 1. The van der Waals surface area contributed by atoms with Gasteiger partial charge in [0.05, 0.1) is 28.9 Å². The maximum absolute atomic E-state index is 15.1. The minimum atomic E-state index is -0.712. The number of fused-ring (bicyclic) bond motifs is 1. The molecule has 0 bridgehead atoms. The van der Waals surface area contributed by atoms with E-state index < -0.39 is 5.41 Å². The van der Waals surface area contributed by atoms with Crippen LogP contribution in [-0.4, -0.2) is 27.4 Å². The van der Waals surface area contributed by atoms with Crippen LogP contribution in [0, 0.1) is 5.95 Å². The molecule has 1 aromatic carbocycles. The van der Waals surface area contributed by atoms with Crippen LogP contribution in [0.2, 0.25) is 0 Å². The molecule has 172 valence electrons. The number of carbonyl (C=O) groups excluding carboxylic acids is 1. The third-order valence-electron chi connectivity index (χ3n) is 6.92. The van der Waals surface area contributed by atoms with Gasteiger partial charge in [0.15, 0.2) is 6.17 Å². The van der Waals surface area contributed by atoms with Crippen LogP contribution >= 0.6 is 0 Å². The molecule has 3 aliphatic rings. The molecule has 4 heterocycles. The maximum atomic E-state index is 15.1. The monoisotopic (exact) mass is 448 g/mol. The van der Waals surface area contributed by atoms with E-state index in [0.29, 0.717) is 24.0 Å². The minimum absolute atomic E-state index is 0.0806. The molecule has 0 saturated carbocycles. The van der Waals surface area contributed by atoms with Gasteiger partial charge in [-0.15, -0.1) is 0 Å². The first-order valence-corrected chi connectivity index (χ1v) is 11.4. The van der Waals surface area contributed by atoms with Crippen LogP contribution in [-0.2, 0) is 10.2 Å². The van der Waals surface area contributed by atoms with Crippen molar-refractivity contribution >= 4 is 5.91 Å². The number of azo groups is 1. The molecule has 1 amide bonds. The Morgan fingerprint density at radius 3 is 2.79 bits per heavy atom. The van der Waals surface area contributed by atoms with Gasteiger partial charge in [0.25, 0.3) is 5.91 Å². The third-order valence-corrected chi connectivity index (χ3v) is 6.92. The highest BCUT2D eigenvalue weighted by atomic mass is 19.1. The van der Waals surface area contributed by atoms with E-state index in [1.807, 2.05) is 52.0 Å². The van der Waals surface area contributed by atoms with Crippen LogP contribution in [0.5, 0.6) is 0 Å². The lowest BCUT2D eigenvalue weighted by molar-refractivity contribution is -0.120. The van der Waals surface area contributed by atoms with Crippen LogP contribution in [0.3, 0.4) is 0 Å². The average Bonchev–Trinajstić information content (AvgIpc) is 3.38. The highest BCUT2D eigenvalue weighted by Crippen LogP contribution is 2.51. The molecule has 0 fully saturated rings. The third kappa shape index (κ3) is 3.14. The molecule has 0 saturated heterocycles. The summed E-state index contributed by atoms with van der Waals surface area (Å²) in [7, 11) is 0. The summed E-state index contributed by atoms with van der Waals surface area (Å²) in [5.41, 5.74) is 3.56. The summed E-state index contributed by atoms with van der Waals surface area (Å²) in [4.78, 5) is 13.5. The second-order valence-electron chi connectivity index (χ2n) is 9.96. The fourth-order valence-electron chi connectivity index (χ4n) is 5.46. The van der Waals surface area contributed by atoms with E-state index in [9.17, 15) is 4.79 Å². The molecular weight excluding hydrogens is 419 g/mol. The van der Waals surface area contributed by atoms with E-state index in [4.69, 9.17) is 0 Å². The first-order valence-electron chi connectivity index (χ1n) is 11.4. The highest BCUT2D eigenvalue weighted by molar-refractivity contribution is 6.00. The number of carbonyl (C=O) groups is 1. The van der Waals surface area contributed by atoms with Crippen molar-refractivity contribution in [3.8, 4) is 11.1 Å². The number of hydrogen-bond donors (Lipinski definition) is 2. The van der Waals surface area contributed by atoms with Crippen LogP contribution in [0.25, 0.3) is 11.1 Å². The lowest BCUT2D eigenvalue weighted by Gasteiger charge is -2.48. The fraction of sp³-hybridized carbons (Fsp3) is 0.440. The second kappa shape index (κ2) is 7.37. The van der Waals surface area contributed by atoms with E-state index in [2.05, 4.69) is 32.9 Å². The number of rotatable bonds is 4. The molecule has 33 heavy (non-hydrogen) atoms. The SMILES string of the molecule is CC[C@]1(c2cccc(-c3cnn(C(C)C)c3F)c2)C2=CN=NC2NC2=C1C(=O)NC(C)(C)C2. The van der Waals surface area contributed by atoms with Crippen molar-refractivity contribution in [2.45, 2.75) is 70.6 Å². The first kappa shape index (κ1) is 21.6. The van der Waals surface area contributed by atoms with Crippen molar-refractivity contribution in [2.75, 3.05) is 0 Å². The van der Waals surface area contributed by atoms with Gasteiger partial charge < -0.3 is 10.6 Å². The first-order chi connectivity index (χ1) is 15.7. The topological polar surface area (TPSA) is 83.7 Å². The van der Waals surface area contributed by atoms with Crippen molar-refractivity contribution < 1.29 is 9.18 Å². The standard InChI is InChI=1S/C25H29FN6O/c1-6-25(16-9-7-8-15(10-16)17-12-28-32(14(2)3)21(17)26)18-13-27-31-22(18)29-19-11-24(4,5)30-23(33)20(19)25/h7-10,12-14,22,29H,6,11H2,1-5H3,(H,30,33)/t22?,25-/m0/s1. The Hall–Kier alpha value is -3.29. The van der Waals surface area contributed by atoms with E-state index >= 15 is 4.39 Å². The molecule has 7 nitrogen and oxygen atoms in total. The summed E-state index contributed by atoms with van der Waals surface area (Å²) >= 11 is 0. The summed E-state index contributed by atoms with van der Waals surface area (Å²) in [6.07, 6.45) is 4.34. The van der Waals surface area contributed by atoms with Gasteiger partial charge in [0.1, 0.15) is 0 Å². The van der Waals surface area contributed by atoms with Crippen LogP contribution in [0.1, 0.15) is 59.1 Å². The smallest absolute Gasteiger partial charge is 0.250 e. The zero-order chi connectivity index (χ0) is 23.5. The second-order valence-corrected chi connectivity index (χ2v) is 9.96. The molecule has 2 N–H and O–H groups in total. The van der Waals surface area contributed by atoms with Gasteiger partial charge in [-0.05, 0) is 51.3 Å². The van der Waals surface area contributed by atoms with Gasteiger partial charge >= 0.3 is 0 Å². The molecule has 0 radical (unpaired) electrons. The summed E-state index contributed by atoms with van der Waals surface area (Å²) in [5, 5.41) is 19.4. The van der Waals surface area contributed by atoms with Crippen molar-refractivity contribution in [2.24, 2.45) is 10.2 Å². The van der Waals surface area contributed by atoms with Gasteiger partial charge in [-0.25, -0.2) is 4.68 Å². The Labute approximate surface area is 192 Å². The molecule has 1 unspecified atom stereocenters. The zero-order valence-corrected chi connectivity index (χ0v) is 19.6. The predicted molar refractivity (Wildman–Crippen MR) is 124 cm³/mol. The van der Waals surface area contributed by atoms with Gasteiger partial charge in [-0.3, -0.25) is 4.79 Å². The Balaban J connectivity index is 1.71. The molecule has 0 spiro atoms. The van der Waals surface area contributed by atoms with Crippen LogP contribution < -0.4 is 10.6 Å². The lowest BCUT2D eigenvalue weighted by atomic mass is 9.62. The maximum Gasteiger partial charge on any atom is 0.250 e. The lowest BCUT2D eigenvalue weighted by Crippen LogP contribution is -2.58. The largest absolute Gasteiger partial charge is 0.362 e. The quantitative estimate of drug-likeness (QED) is 0.708. The Kier molecular flexibility index (Phi) is 4.81. The van der Waals surface area contributed by atoms with Crippen molar-refractivity contribution in [3.63, 3.8) is 0 Å². The van der Waals surface area contributed by atoms with Gasteiger partial charge in [0.2, 0.25) is 5.95 Å². The van der Waals surface area contributed by atoms with Crippen LogP contribution in [0.15, 0.2) is 63.7 Å². The van der Waals surface area contributed by atoms with E-state index in [1.165, 1.54) is 4.68 Å². The number of hydrogen-bond acceptors (Lipinski definition) is 5. The predicted octanol–water partition coefficient (Wildman–Crippen LogP) is 4.75. The normalized spacial score (nSPS) is 25.5. The number of halogens is 1. The Bertz CT molecular complexity index is 1240. The van der Waals surface area contributed by atoms with Crippen molar-refractivity contribution in [1.29, 1.82) is 0 Å². The summed E-state index contributed by atoms with van der Waals surface area (Å²) in [5.74, 6) is -0.455. The summed E-state index contributed by atoms with van der Waals surface area (Å²) in [6.45, 7) is 9.90. The zero-order valence-electron chi connectivity index (χ0n) is 19.6. The molecule has 3 aliphatic heterocycles. The molecular formula is C25H29FN6O. The van der Waals surface area contributed by atoms with E-state index in [-0.39, 0.29) is 29.6 Å². The van der Waals surface area contributed by atoms with E-state index in [0.717, 1.165) is 22.4 Å². The van der Waals surface area contributed by atoms with Gasteiger partial charge in [0, 0.05) is 29.3 Å². The molecule has 2 atom stereocenters. The average molecular weight is 449 g/mol. The number of nitrogens with zero attached hydrogens (tertiary/aromatic N) is 4.